The Morgan fingerprint density at radius 3 is 2.44 bits per heavy atom. The lowest BCUT2D eigenvalue weighted by molar-refractivity contribution is -0.131. The number of anilines is 1. The number of amides is 7. The maximum absolute atomic E-state index is 12.6. The van der Waals surface area contributed by atoms with E-state index in [-0.39, 0.29) is 41.9 Å². The van der Waals surface area contributed by atoms with Gasteiger partial charge < -0.3 is 16.0 Å². The van der Waals surface area contributed by atoms with Crippen LogP contribution in [0.1, 0.15) is 37.7 Å². The molecule has 2 saturated heterocycles. The van der Waals surface area contributed by atoms with Crippen molar-refractivity contribution in [3.05, 3.63) is 29.8 Å². The topological polar surface area (TPSA) is 128 Å². The summed E-state index contributed by atoms with van der Waals surface area (Å²) in [5.41, 5.74) is 0.646. The van der Waals surface area contributed by atoms with Gasteiger partial charge in [-0.1, -0.05) is 36.7 Å². The van der Waals surface area contributed by atoms with Crippen LogP contribution >= 0.6 is 11.8 Å². The summed E-state index contributed by atoms with van der Waals surface area (Å²) in [5.74, 6) is -0.176. The van der Waals surface area contributed by atoms with Gasteiger partial charge in [-0.2, -0.15) is 0 Å². The number of imide groups is 2. The Morgan fingerprint density at radius 2 is 1.78 bits per heavy atom. The van der Waals surface area contributed by atoms with E-state index in [0.29, 0.717) is 31.5 Å². The van der Waals surface area contributed by atoms with Crippen molar-refractivity contribution in [3.8, 4) is 0 Å². The molecule has 0 aromatic heterocycles. The standard InChI is InChI=1S/C21H25N5O5S/c27-16-13-32-20(31)26(16)12-14-4-6-15(7-5-14)23-18(29)22-10-3-11-25-17(28)21(24-19(25)30)8-1-2-9-21/h4-7H,1-3,8-13H2,(H,24,30)(H2,22,23,29). The van der Waals surface area contributed by atoms with Crippen molar-refractivity contribution < 1.29 is 24.0 Å². The Hall–Kier alpha value is -3.08. The SMILES string of the molecule is O=C(NCCCN1C(=O)NC2(CCCC2)C1=O)Nc1ccc(CN2C(=O)CSC2=O)cc1. The zero-order chi connectivity index (χ0) is 22.7. The first-order valence-electron chi connectivity index (χ1n) is 10.6. The second-order valence-electron chi connectivity index (χ2n) is 8.14. The molecular formula is C21H25N5O5S. The highest BCUT2D eigenvalue weighted by Crippen LogP contribution is 2.35. The molecule has 0 atom stereocenters. The summed E-state index contributed by atoms with van der Waals surface area (Å²) in [6, 6.07) is 6.13. The fourth-order valence-electron chi connectivity index (χ4n) is 4.22. The molecule has 11 heteroatoms. The minimum atomic E-state index is -0.706. The molecule has 3 fully saturated rings. The molecule has 0 unspecified atom stereocenters. The lowest BCUT2D eigenvalue weighted by Gasteiger charge is -2.20. The van der Waals surface area contributed by atoms with Crippen LogP contribution in [0.2, 0.25) is 0 Å². The molecule has 32 heavy (non-hydrogen) atoms. The van der Waals surface area contributed by atoms with Crippen LogP contribution in [0.25, 0.3) is 0 Å². The van der Waals surface area contributed by atoms with Crippen LogP contribution in [0.3, 0.4) is 0 Å². The molecule has 1 saturated carbocycles. The predicted octanol–water partition coefficient (Wildman–Crippen LogP) is 2.26. The van der Waals surface area contributed by atoms with E-state index < -0.39 is 11.6 Å². The number of hydrogen-bond donors (Lipinski definition) is 3. The Morgan fingerprint density at radius 1 is 1.06 bits per heavy atom. The van der Waals surface area contributed by atoms with E-state index in [1.54, 1.807) is 24.3 Å². The summed E-state index contributed by atoms with van der Waals surface area (Å²) >= 11 is 0.995. The van der Waals surface area contributed by atoms with Crippen molar-refractivity contribution in [2.24, 2.45) is 0 Å². The van der Waals surface area contributed by atoms with Crippen LogP contribution in [0.5, 0.6) is 0 Å². The fraction of sp³-hybridized carbons (Fsp3) is 0.476. The third-order valence-electron chi connectivity index (χ3n) is 5.94. The van der Waals surface area contributed by atoms with E-state index in [0.717, 1.165) is 30.2 Å². The lowest BCUT2D eigenvalue weighted by Crippen LogP contribution is -2.44. The first-order chi connectivity index (χ1) is 15.4. The molecule has 1 aromatic rings. The molecule has 3 aliphatic rings. The van der Waals surface area contributed by atoms with Crippen LogP contribution in [0, 0.1) is 0 Å². The zero-order valence-corrected chi connectivity index (χ0v) is 18.3. The summed E-state index contributed by atoms with van der Waals surface area (Å²) < 4.78 is 0. The van der Waals surface area contributed by atoms with Crippen LogP contribution in [0.4, 0.5) is 20.1 Å². The monoisotopic (exact) mass is 459 g/mol. The largest absolute Gasteiger partial charge is 0.338 e. The van der Waals surface area contributed by atoms with Gasteiger partial charge in [-0.15, -0.1) is 0 Å². The zero-order valence-electron chi connectivity index (χ0n) is 17.5. The Kier molecular flexibility index (Phi) is 6.35. The minimum absolute atomic E-state index is 0.152. The molecule has 0 bridgehead atoms. The molecule has 2 heterocycles. The average Bonchev–Trinajstić information content (AvgIpc) is 3.43. The first kappa shape index (κ1) is 22.1. The van der Waals surface area contributed by atoms with E-state index in [1.165, 1.54) is 9.80 Å². The number of urea groups is 2. The van der Waals surface area contributed by atoms with Gasteiger partial charge in [0.15, 0.2) is 0 Å². The highest BCUT2D eigenvalue weighted by molar-refractivity contribution is 8.14. The van der Waals surface area contributed by atoms with Crippen LogP contribution in [-0.4, -0.2) is 63.3 Å². The molecule has 7 amide bonds. The summed E-state index contributed by atoms with van der Waals surface area (Å²) in [5, 5.41) is 8.01. The molecule has 1 spiro atoms. The quantitative estimate of drug-likeness (QED) is 0.424. The molecule has 1 aromatic carbocycles. The van der Waals surface area contributed by atoms with E-state index in [4.69, 9.17) is 0 Å². The Bertz CT molecular complexity index is 928. The molecule has 2 aliphatic heterocycles. The smallest absolute Gasteiger partial charge is 0.325 e. The summed E-state index contributed by atoms with van der Waals surface area (Å²) in [4.78, 5) is 62.6. The molecule has 1 aliphatic carbocycles. The second-order valence-corrected chi connectivity index (χ2v) is 9.07. The van der Waals surface area contributed by atoms with Gasteiger partial charge in [0, 0.05) is 18.8 Å². The highest BCUT2D eigenvalue weighted by Gasteiger charge is 2.51. The van der Waals surface area contributed by atoms with Crippen LogP contribution in [-0.2, 0) is 16.1 Å². The van der Waals surface area contributed by atoms with Crippen molar-refractivity contribution in [3.63, 3.8) is 0 Å². The lowest BCUT2D eigenvalue weighted by atomic mass is 9.98. The van der Waals surface area contributed by atoms with Crippen molar-refractivity contribution in [2.45, 2.75) is 44.2 Å². The average molecular weight is 460 g/mol. The number of nitrogens with one attached hydrogen (secondary N) is 3. The molecule has 4 rings (SSSR count). The number of rotatable bonds is 7. The molecular weight excluding hydrogens is 434 g/mol. The Balaban J connectivity index is 1.18. The van der Waals surface area contributed by atoms with Gasteiger partial charge in [0.25, 0.3) is 11.1 Å². The molecule has 10 nitrogen and oxygen atoms in total. The minimum Gasteiger partial charge on any atom is -0.338 e. The van der Waals surface area contributed by atoms with E-state index >= 15 is 0 Å². The van der Waals surface area contributed by atoms with Gasteiger partial charge in [-0.05, 0) is 37.0 Å². The molecule has 170 valence electrons. The number of hydrogen-bond acceptors (Lipinski definition) is 6. The van der Waals surface area contributed by atoms with Gasteiger partial charge in [-0.3, -0.25) is 24.2 Å². The third kappa shape index (κ3) is 4.57. The number of carbonyl (C=O) groups excluding carboxylic acids is 5. The van der Waals surface area contributed by atoms with Gasteiger partial charge in [0.2, 0.25) is 5.91 Å². The highest BCUT2D eigenvalue weighted by atomic mass is 32.2. The van der Waals surface area contributed by atoms with Gasteiger partial charge >= 0.3 is 12.1 Å². The molecule has 3 N–H and O–H groups in total. The summed E-state index contributed by atoms with van der Waals surface area (Å²) in [6.45, 7) is 0.777. The van der Waals surface area contributed by atoms with Crippen molar-refractivity contribution in [1.29, 1.82) is 0 Å². The third-order valence-corrected chi connectivity index (χ3v) is 6.80. The number of carbonyl (C=O) groups is 5. The van der Waals surface area contributed by atoms with Crippen molar-refractivity contribution >= 4 is 46.6 Å². The molecule has 0 radical (unpaired) electrons. The van der Waals surface area contributed by atoms with E-state index in [2.05, 4.69) is 16.0 Å². The van der Waals surface area contributed by atoms with Gasteiger partial charge in [0.1, 0.15) is 5.54 Å². The van der Waals surface area contributed by atoms with Crippen molar-refractivity contribution in [1.82, 2.24) is 20.4 Å². The van der Waals surface area contributed by atoms with Crippen LogP contribution in [0.15, 0.2) is 24.3 Å². The maximum Gasteiger partial charge on any atom is 0.325 e. The van der Waals surface area contributed by atoms with E-state index in [9.17, 15) is 24.0 Å². The van der Waals surface area contributed by atoms with Crippen LogP contribution < -0.4 is 16.0 Å². The fourth-order valence-corrected chi connectivity index (χ4v) is 4.95. The summed E-state index contributed by atoms with van der Waals surface area (Å²) in [7, 11) is 0. The number of nitrogens with zero attached hydrogens (tertiary/aromatic N) is 2. The van der Waals surface area contributed by atoms with Gasteiger partial charge in [0.05, 0.1) is 12.3 Å². The first-order valence-corrected chi connectivity index (χ1v) is 11.6. The van der Waals surface area contributed by atoms with Gasteiger partial charge in [-0.25, -0.2) is 9.59 Å². The number of benzene rings is 1. The summed E-state index contributed by atoms with van der Waals surface area (Å²) in [6.07, 6.45) is 3.72. The maximum atomic E-state index is 12.6. The second kappa shape index (κ2) is 9.19. The Labute approximate surface area is 189 Å². The van der Waals surface area contributed by atoms with Crippen molar-refractivity contribution in [2.75, 3.05) is 24.2 Å². The van der Waals surface area contributed by atoms with E-state index in [1.807, 2.05) is 0 Å². The predicted molar refractivity (Wildman–Crippen MR) is 118 cm³/mol. The normalized spacial score (nSPS) is 19.8. The number of thioether (sulfide) groups is 1.